The number of fused-ring (bicyclic) bond motifs is 1. The summed E-state index contributed by atoms with van der Waals surface area (Å²) in [6, 6.07) is 17.1. The molecule has 9 heteroatoms. The molecule has 1 aliphatic carbocycles. The molecule has 1 heterocycles. The molecule has 1 aliphatic heterocycles. The molecule has 0 spiro atoms. The van der Waals surface area contributed by atoms with Crippen molar-refractivity contribution in [1.29, 1.82) is 0 Å². The van der Waals surface area contributed by atoms with Crippen LogP contribution < -0.4 is 15.5 Å². The minimum Gasteiger partial charge on any atom is -0.357 e. The number of halogens is 4. The Morgan fingerprint density at radius 2 is 1.68 bits per heavy atom. The van der Waals surface area contributed by atoms with Crippen molar-refractivity contribution >= 4 is 23.1 Å². The lowest BCUT2D eigenvalue weighted by Crippen LogP contribution is -2.41. The molecule has 3 aromatic carbocycles. The molecule has 0 radical (unpaired) electrons. The zero-order valence-corrected chi connectivity index (χ0v) is 22.1. The highest BCUT2D eigenvalue weighted by molar-refractivity contribution is 6.01. The molecule has 3 aromatic rings. The second kappa shape index (κ2) is 10.4. The van der Waals surface area contributed by atoms with Gasteiger partial charge in [0.25, 0.3) is 0 Å². The molecule has 0 bridgehead atoms. The van der Waals surface area contributed by atoms with Crippen LogP contribution in [0.3, 0.4) is 0 Å². The summed E-state index contributed by atoms with van der Waals surface area (Å²) in [6.07, 6.45) is -3.68. The summed E-state index contributed by atoms with van der Waals surface area (Å²) in [5, 5.41) is 6.26. The van der Waals surface area contributed by atoms with Crippen LogP contribution in [0.5, 0.6) is 0 Å². The quantitative estimate of drug-likeness (QED) is 0.344. The van der Waals surface area contributed by atoms with E-state index in [9.17, 15) is 27.2 Å². The van der Waals surface area contributed by atoms with Gasteiger partial charge in [-0.25, -0.2) is 4.39 Å². The number of allylic oxidation sites excluding steroid dienone is 1. The lowest BCUT2D eigenvalue weighted by atomic mass is 9.73. The first-order valence-electron chi connectivity index (χ1n) is 13.0. The number of anilines is 2. The van der Waals surface area contributed by atoms with Gasteiger partial charge in [0.15, 0.2) is 5.78 Å². The molecular weight excluding hydrogens is 522 g/mol. The fourth-order valence-electron chi connectivity index (χ4n) is 5.44. The first kappa shape index (κ1) is 27.4. The van der Waals surface area contributed by atoms with E-state index in [0.29, 0.717) is 40.2 Å². The van der Waals surface area contributed by atoms with E-state index >= 15 is 0 Å². The van der Waals surface area contributed by atoms with E-state index < -0.39 is 17.8 Å². The smallest absolute Gasteiger partial charge is 0.357 e. The lowest BCUT2D eigenvalue weighted by Gasteiger charge is -2.38. The van der Waals surface area contributed by atoms with Crippen molar-refractivity contribution in [2.45, 2.75) is 45.5 Å². The first-order valence-corrected chi connectivity index (χ1v) is 13.0. The van der Waals surface area contributed by atoms with Crippen LogP contribution in [0.2, 0.25) is 0 Å². The Labute approximate surface area is 229 Å². The Bertz CT molecular complexity index is 1460. The molecule has 0 saturated carbocycles. The normalized spacial score (nSPS) is 18.4. The number of Topliss-reactive ketones (excluding diaryl/α,β-unsaturated/α-hetero) is 1. The highest BCUT2D eigenvalue weighted by Crippen LogP contribution is 2.48. The molecule has 5 rings (SSSR count). The summed E-state index contributed by atoms with van der Waals surface area (Å²) in [5.74, 6) is -0.857. The van der Waals surface area contributed by atoms with Gasteiger partial charge in [-0.2, -0.15) is 13.2 Å². The van der Waals surface area contributed by atoms with Crippen molar-refractivity contribution in [3.8, 4) is 0 Å². The molecule has 208 valence electrons. The zero-order chi connectivity index (χ0) is 28.7. The number of carbonyl (C=O) groups is 2. The van der Waals surface area contributed by atoms with Gasteiger partial charge in [0.1, 0.15) is 5.82 Å². The Balaban J connectivity index is 1.57. The summed E-state index contributed by atoms with van der Waals surface area (Å²) < 4.78 is 53.4. The third kappa shape index (κ3) is 5.73. The van der Waals surface area contributed by atoms with Gasteiger partial charge in [-0.05, 0) is 59.4 Å². The highest BCUT2D eigenvalue weighted by Gasteiger charge is 2.42. The number of para-hydroxylation sites is 2. The molecule has 40 heavy (non-hydrogen) atoms. The van der Waals surface area contributed by atoms with E-state index in [-0.39, 0.29) is 42.4 Å². The third-order valence-electron chi connectivity index (χ3n) is 7.27. The van der Waals surface area contributed by atoms with Gasteiger partial charge in [-0.15, -0.1) is 0 Å². The Kier molecular flexibility index (Phi) is 7.16. The molecule has 1 unspecified atom stereocenters. The van der Waals surface area contributed by atoms with Gasteiger partial charge in [0.2, 0.25) is 5.91 Å². The van der Waals surface area contributed by atoms with E-state index in [1.807, 2.05) is 38.1 Å². The zero-order valence-electron chi connectivity index (χ0n) is 22.1. The van der Waals surface area contributed by atoms with E-state index in [0.717, 1.165) is 12.1 Å². The van der Waals surface area contributed by atoms with Gasteiger partial charge in [-0.3, -0.25) is 9.59 Å². The summed E-state index contributed by atoms with van der Waals surface area (Å²) in [5.41, 5.74) is 2.56. The van der Waals surface area contributed by atoms with Crippen LogP contribution >= 0.6 is 0 Å². The topological polar surface area (TPSA) is 61.4 Å². The molecule has 2 N–H and O–H groups in total. The summed E-state index contributed by atoms with van der Waals surface area (Å²) >= 11 is 0. The van der Waals surface area contributed by atoms with Crippen molar-refractivity contribution in [2.24, 2.45) is 5.41 Å². The highest BCUT2D eigenvalue weighted by atomic mass is 19.4. The maximum atomic E-state index is 13.7. The fraction of sp³-hybridized carbons (Fsp3) is 0.290. The number of carbonyl (C=O) groups excluding carboxylic acids is 2. The van der Waals surface area contributed by atoms with Crippen LogP contribution in [0.4, 0.5) is 28.9 Å². The second-order valence-electron chi connectivity index (χ2n) is 11.0. The van der Waals surface area contributed by atoms with Crippen molar-refractivity contribution in [2.75, 3.05) is 16.8 Å². The number of rotatable bonds is 5. The number of ketones is 1. The van der Waals surface area contributed by atoms with Crippen LogP contribution in [0.1, 0.15) is 49.4 Å². The average Bonchev–Trinajstić information content (AvgIpc) is 3.02. The van der Waals surface area contributed by atoms with Crippen LogP contribution in [-0.2, 0) is 22.3 Å². The van der Waals surface area contributed by atoms with Crippen molar-refractivity contribution in [3.63, 3.8) is 0 Å². The van der Waals surface area contributed by atoms with Crippen LogP contribution in [0.15, 0.2) is 84.1 Å². The molecule has 1 amide bonds. The number of nitrogens with one attached hydrogen (secondary N) is 2. The molecule has 0 aromatic heterocycles. The number of amides is 1. The van der Waals surface area contributed by atoms with E-state index in [1.165, 1.54) is 24.3 Å². The number of hydrogen-bond acceptors (Lipinski definition) is 4. The molecule has 0 fully saturated rings. The van der Waals surface area contributed by atoms with Crippen LogP contribution in [-0.4, -0.2) is 18.2 Å². The Morgan fingerprint density at radius 1 is 1.00 bits per heavy atom. The summed E-state index contributed by atoms with van der Waals surface area (Å²) in [7, 11) is 0. The Hall–Kier alpha value is -4.14. The number of nitrogens with zero attached hydrogens (tertiary/aromatic N) is 1. The van der Waals surface area contributed by atoms with Crippen LogP contribution in [0.25, 0.3) is 0 Å². The monoisotopic (exact) mass is 551 g/mol. The average molecular weight is 552 g/mol. The number of hydrogen-bond donors (Lipinski definition) is 2. The molecule has 2 aliphatic rings. The molecule has 0 saturated heterocycles. The lowest BCUT2D eigenvalue weighted by molar-refractivity contribution is -0.137. The predicted molar refractivity (Wildman–Crippen MR) is 145 cm³/mol. The van der Waals surface area contributed by atoms with Crippen molar-refractivity contribution < 1.29 is 27.2 Å². The van der Waals surface area contributed by atoms with Crippen LogP contribution in [0, 0.1) is 11.2 Å². The fourth-order valence-corrected chi connectivity index (χ4v) is 5.44. The number of benzene rings is 3. The SMILES string of the molecule is CC1(C)CC(=O)C2=C(C1)Nc1ccccc1N(CC(=O)NCc1ccc(F)cc1)C2c1ccc(C(F)(F)F)cc1. The largest absolute Gasteiger partial charge is 0.416 e. The first-order chi connectivity index (χ1) is 18.9. The van der Waals surface area contributed by atoms with Gasteiger partial charge < -0.3 is 15.5 Å². The minimum atomic E-state index is -4.51. The molecule has 1 atom stereocenters. The minimum absolute atomic E-state index is 0.117. The van der Waals surface area contributed by atoms with Gasteiger partial charge in [0.05, 0.1) is 29.5 Å². The Morgan fingerprint density at radius 3 is 2.35 bits per heavy atom. The van der Waals surface area contributed by atoms with Crippen molar-refractivity contribution in [3.05, 3.63) is 107 Å². The maximum Gasteiger partial charge on any atom is 0.416 e. The molecular formula is C31H29F4N3O2. The maximum absolute atomic E-state index is 13.7. The van der Waals surface area contributed by atoms with Gasteiger partial charge in [0, 0.05) is 24.2 Å². The predicted octanol–water partition coefficient (Wildman–Crippen LogP) is 6.78. The van der Waals surface area contributed by atoms with E-state index in [2.05, 4.69) is 10.6 Å². The van der Waals surface area contributed by atoms with Crippen molar-refractivity contribution in [1.82, 2.24) is 5.32 Å². The third-order valence-corrected chi connectivity index (χ3v) is 7.27. The van der Waals surface area contributed by atoms with Gasteiger partial charge >= 0.3 is 6.18 Å². The molecule has 5 nitrogen and oxygen atoms in total. The summed E-state index contributed by atoms with van der Waals surface area (Å²) in [6.45, 7) is 4.00. The van der Waals surface area contributed by atoms with E-state index in [4.69, 9.17) is 0 Å². The number of alkyl halides is 3. The van der Waals surface area contributed by atoms with Gasteiger partial charge in [-0.1, -0.05) is 50.2 Å². The second-order valence-corrected chi connectivity index (χ2v) is 11.0. The summed E-state index contributed by atoms with van der Waals surface area (Å²) in [4.78, 5) is 28.7. The van der Waals surface area contributed by atoms with E-state index in [1.54, 1.807) is 17.0 Å². The standard InChI is InChI=1S/C31H29F4N3O2/c1-30(2)15-24-28(26(39)16-30)29(20-9-11-21(12-10-20)31(33,34)35)38(25-6-4-3-5-23(25)37-24)18-27(40)36-17-19-7-13-22(32)14-8-19/h3-14,29,37H,15-18H2,1-2H3,(H,36,40).